The van der Waals surface area contributed by atoms with Gasteiger partial charge in [-0.25, -0.2) is 0 Å². The lowest BCUT2D eigenvalue weighted by atomic mass is 9.96. The average Bonchev–Trinajstić information content (AvgIpc) is 3.05. The van der Waals surface area contributed by atoms with Crippen molar-refractivity contribution in [2.24, 2.45) is 0 Å². The van der Waals surface area contributed by atoms with Crippen molar-refractivity contribution in [3.63, 3.8) is 0 Å². The number of carbonyl (C=O) groups is 2. The minimum Gasteiger partial charge on any atom is -0.369 e. The third-order valence-corrected chi connectivity index (χ3v) is 8.64. The van der Waals surface area contributed by atoms with Crippen LogP contribution in [0.4, 0.5) is 0 Å². The predicted octanol–water partition coefficient (Wildman–Crippen LogP) is 8.89. The van der Waals surface area contributed by atoms with Gasteiger partial charge in [0.15, 0.2) is 11.6 Å². The van der Waals surface area contributed by atoms with Crippen LogP contribution < -0.4 is 0 Å². The zero-order valence-electron chi connectivity index (χ0n) is 29.7. The summed E-state index contributed by atoms with van der Waals surface area (Å²) in [5.74, 6) is 0.308. The van der Waals surface area contributed by atoms with Gasteiger partial charge in [-0.1, -0.05) is 114 Å². The molecule has 0 atom stereocenters. The molecule has 2 aromatic rings. The van der Waals surface area contributed by atoms with E-state index in [1.165, 1.54) is 64.2 Å². The topological polar surface area (TPSA) is 59.1 Å². The first kappa shape index (κ1) is 39.8. The van der Waals surface area contributed by atoms with Crippen LogP contribution in [0.5, 0.6) is 0 Å². The summed E-state index contributed by atoms with van der Waals surface area (Å²) in [5, 5.41) is 0. The second-order valence-electron chi connectivity index (χ2n) is 13.0. The highest BCUT2D eigenvalue weighted by Gasteiger charge is 2.12. The Kier molecular flexibility index (Phi) is 22.2. The zero-order chi connectivity index (χ0) is 33.2. The normalized spacial score (nSPS) is 11.5. The molecule has 0 heterocycles. The number of rotatable bonds is 29. The molecule has 0 spiro atoms. The highest BCUT2D eigenvalue weighted by molar-refractivity contribution is 5.80. The van der Waals surface area contributed by atoms with Gasteiger partial charge >= 0.3 is 0 Å². The second-order valence-corrected chi connectivity index (χ2v) is 13.0. The molecule has 0 bridgehead atoms. The summed E-state index contributed by atoms with van der Waals surface area (Å²) in [5.41, 5.74) is 4.21. The van der Waals surface area contributed by atoms with E-state index in [9.17, 15) is 9.59 Å². The first-order valence-electron chi connectivity index (χ1n) is 18.2. The lowest BCUT2D eigenvalue weighted by Crippen LogP contribution is -2.22. The number of hydrogen-bond donors (Lipinski definition) is 0. The SMILES string of the molecule is CCCCCCCN(C)CCCC(=O)COCc1ccccc1-c1ccccc1COCC(=O)CCCN(C)CCCCCCC. The van der Waals surface area contributed by atoms with Crippen molar-refractivity contribution in [2.75, 3.05) is 53.5 Å². The van der Waals surface area contributed by atoms with Crippen LogP contribution in [-0.4, -0.2) is 74.9 Å². The molecule has 2 aromatic carbocycles. The van der Waals surface area contributed by atoms with Crippen molar-refractivity contribution in [3.05, 3.63) is 59.7 Å². The zero-order valence-corrected chi connectivity index (χ0v) is 29.7. The number of nitrogens with zero attached hydrogens (tertiary/aromatic N) is 2. The Balaban J connectivity index is 1.73. The molecule has 0 unspecified atom stereocenters. The van der Waals surface area contributed by atoms with E-state index < -0.39 is 0 Å². The third-order valence-electron chi connectivity index (χ3n) is 8.64. The van der Waals surface area contributed by atoms with Gasteiger partial charge in [0.25, 0.3) is 0 Å². The molecular weight excluding hydrogens is 572 g/mol. The van der Waals surface area contributed by atoms with Crippen LogP contribution in [0.1, 0.15) is 115 Å². The van der Waals surface area contributed by atoms with E-state index in [0.29, 0.717) is 26.1 Å². The highest BCUT2D eigenvalue weighted by atomic mass is 16.5. The summed E-state index contributed by atoms with van der Waals surface area (Å²) in [6.07, 6.45) is 15.7. The molecule has 0 aliphatic carbocycles. The quantitative estimate of drug-likeness (QED) is 0.0832. The molecule has 0 fully saturated rings. The van der Waals surface area contributed by atoms with Gasteiger partial charge in [-0.05, 0) is 88.2 Å². The molecule has 0 saturated heterocycles. The fourth-order valence-electron chi connectivity index (χ4n) is 5.80. The molecule has 6 nitrogen and oxygen atoms in total. The van der Waals surface area contributed by atoms with Gasteiger partial charge in [0.2, 0.25) is 0 Å². The number of hydrogen-bond acceptors (Lipinski definition) is 6. The maximum atomic E-state index is 12.5. The molecule has 0 aliphatic heterocycles. The Morgan fingerprint density at radius 3 is 1.30 bits per heavy atom. The number of carbonyl (C=O) groups excluding carboxylic acids is 2. The Morgan fingerprint density at radius 1 is 0.522 bits per heavy atom. The Labute approximate surface area is 281 Å². The number of unbranched alkanes of at least 4 members (excludes halogenated alkanes) is 8. The molecule has 6 heteroatoms. The summed E-state index contributed by atoms with van der Waals surface area (Å²) in [4.78, 5) is 29.7. The molecule has 258 valence electrons. The number of benzene rings is 2. The van der Waals surface area contributed by atoms with E-state index in [-0.39, 0.29) is 24.8 Å². The molecule has 0 aromatic heterocycles. The van der Waals surface area contributed by atoms with Gasteiger partial charge in [0.1, 0.15) is 13.2 Å². The fraction of sp³-hybridized carbons (Fsp3) is 0.650. The van der Waals surface area contributed by atoms with Crippen LogP contribution in [0.25, 0.3) is 11.1 Å². The van der Waals surface area contributed by atoms with Crippen LogP contribution >= 0.6 is 0 Å². The van der Waals surface area contributed by atoms with Crippen molar-refractivity contribution in [1.82, 2.24) is 9.80 Å². The van der Waals surface area contributed by atoms with Crippen LogP contribution in [0.15, 0.2) is 48.5 Å². The highest BCUT2D eigenvalue weighted by Crippen LogP contribution is 2.28. The van der Waals surface area contributed by atoms with Crippen LogP contribution in [0.2, 0.25) is 0 Å². The van der Waals surface area contributed by atoms with Gasteiger partial charge in [0, 0.05) is 12.8 Å². The first-order valence-corrected chi connectivity index (χ1v) is 18.2. The van der Waals surface area contributed by atoms with Crippen LogP contribution in [-0.2, 0) is 32.3 Å². The smallest absolute Gasteiger partial charge is 0.158 e. The van der Waals surface area contributed by atoms with Gasteiger partial charge in [-0.3, -0.25) is 9.59 Å². The number of Topliss-reactive ketones (excluding diaryl/α,β-unsaturated/α-hetero) is 2. The van der Waals surface area contributed by atoms with Crippen molar-refractivity contribution >= 4 is 11.6 Å². The van der Waals surface area contributed by atoms with Crippen LogP contribution in [0.3, 0.4) is 0 Å². The number of ketones is 2. The van der Waals surface area contributed by atoms with Crippen molar-refractivity contribution < 1.29 is 19.1 Å². The third kappa shape index (κ3) is 18.1. The largest absolute Gasteiger partial charge is 0.369 e. The van der Waals surface area contributed by atoms with Gasteiger partial charge in [-0.15, -0.1) is 0 Å². The average molecular weight is 637 g/mol. The first-order chi connectivity index (χ1) is 22.4. The van der Waals surface area contributed by atoms with Gasteiger partial charge in [-0.2, -0.15) is 0 Å². The van der Waals surface area contributed by atoms with E-state index in [1.807, 2.05) is 24.3 Å². The van der Waals surface area contributed by atoms with Crippen molar-refractivity contribution in [3.8, 4) is 11.1 Å². The van der Waals surface area contributed by atoms with E-state index in [4.69, 9.17) is 9.47 Å². The van der Waals surface area contributed by atoms with E-state index in [2.05, 4.69) is 62.0 Å². The molecular formula is C40H64N2O4. The van der Waals surface area contributed by atoms with E-state index in [0.717, 1.165) is 61.3 Å². The molecule has 0 saturated carbocycles. The summed E-state index contributed by atoms with van der Waals surface area (Å²) in [7, 11) is 4.30. The standard InChI is InChI=1S/C40H64N2O4/c1-5-7-9-11-17-27-41(3)29-19-23-37(43)33-45-31-35-21-13-15-25-39(35)40-26-16-14-22-36(40)32-46-34-38(44)24-20-30-42(4)28-18-12-10-8-6-2/h13-16,21-22,25-26H,5-12,17-20,23-24,27-34H2,1-4H3. The fourth-order valence-corrected chi connectivity index (χ4v) is 5.80. The molecule has 0 aliphatic rings. The molecule has 0 radical (unpaired) electrons. The summed E-state index contributed by atoms with van der Waals surface area (Å²) < 4.78 is 11.8. The maximum absolute atomic E-state index is 12.5. The summed E-state index contributed by atoms with van der Waals surface area (Å²) in [6, 6.07) is 16.3. The lowest BCUT2D eigenvalue weighted by molar-refractivity contribution is -0.124. The van der Waals surface area contributed by atoms with Crippen molar-refractivity contribution in [1.29, 1.82) is 0 Å². The Morgan fingerprint density at radius 2 is 0.891 bits per heavy atom. The Hall–Kier alpha value is -2.38. The van der Waals surface area contributed by atoms with Crippen molar-refractivity contribution in [2.45, 2.75) is 117 Å². The molecule has 0 amide bonds. The minimum atomic E-state index is 0.136. The molecule has 46 heavy (non-hydrogen) atoms. The van der Waals surface area contributed by atoms with Gasteiger partial charge < -0.3 is 19.3 Å². The molecule has 2 rings (SSSR count). The number of ether oxygens (including phenoxy) is 2. The predicted molar refractivity (Wildman–Crippen MR) is 192 cm³/mol. The van der Waals surface area contributed by atoms with Crippen LogP contribution in [0, 0.1) is 0 Å². The summed E-state index contributed by atoms with van der Waals surface area (Å²) in [6.45, 7) is 9.61. The Bertz CT molecular complexity index is 1000. The van der Waals surface area contributed by atoms with Gasteiger partial charge in [0.05, 0.1) is 13.2 Å². The van der Waals surface area contributed by atoms with E-state index in [1.54, 1.807) is 0 Å². The summed E-state index contributed by atoms with van der Waals surface area (Å²) >= 11 is 0. The maximum Gasteiger partial charge on any atom is 0.158 e. The lowest BCUT2D eigenvalue weighted by Gasteiger charge is -2.16. The molecule has 0 N–H and O–H groups in total. The van der Waals surface area contributed by atoms with E-state index >= 15 is 0 Å². The minimum absolute atomic E-state index is 0.136. The monoisotopic (exact) mass is 636 g/mol. The second kappa shape index (κ2) is 25.7.